The van der Waals surface area contributed by atoms with E-state index in [2.05, 4.69) is 5.32 Å². The number of alkyl carbamates (subject to hydrolysis) is 1. The highest BCUT2D eigenvalue weighted by Gasteiger charge is 2.76. The standard InChI is InChI=1S/C16H19NO4/c1-15(2,3)21-14(19)17-16-11(9-20-13(16)18)12(16)10-7-5-4-6-8-10/h4-8,11-12H,9H2,1-3H3,(H,17,19)/t11-,12?,16+/m0/s1. The van der Waals surface area contributed by atoms with Gasteiger partial charge in [0.25, 0.3) is 0 Å². The number of hydrogen-bond acceptors (Lipinski definition) is 4. The second kappa shape index (κ2) is 4.48. The average Bonchev–Trinajstić information content (AvgIpc) is 2.92. The number of ether oxygens (including phenoxy) is 2. The highest BCUT2D eigenvalue weighted by Crippen LogP contribution is 2.61. The molecule has 1 amide bonds. The Hall–Kier alpha value is -2.04. The van der Waals surface area contributed by atoms with E-state index in [1.54, 1.807) is 20.8 Å². The maximum atomic E-state index is 12.1. The summed E-state index contributed by atoms with van der Waals surface area (Å²) in [6.45, 7) is 5.71. The van der Waals surface area contributed by atoms with E-state index in [-0.39, 0.29) is 17.8 Å². The third-order valence-electron chi connectivity index (χ3n) is 3.97. The largest absolute Gasteiger partial charge is 0.463 e. The second-order valence-electron chi connectivity index (χ2n) is 6.59. The Morgan fingerprint density at radius 1 is 1.33 bits per heavy atom. The summed E-state index contributed by atoms with van der Waals surface area (Å²) in [5.41, 5.74) is -0.519. The molecule has 3 rings (SSSR count). The van der Waals surface area contributed by atoms with E-state index in [1.807, 2.05) is 30.3 Å². The maximum Gasteiger partial charge on any atom is 0.408 e. The van der Waals surface area contributed by atoms with Gasteiger partial charge in [0.2, 0.25) is 0 Å². The smallest absolute Gasteiger partial charge is 0.408 e. The van der Waals surface area contributed by atoms with Crippen molar-refractivity contribution in [2.45, 2.75) is 37.8 Å². The Morgan fingerprint density at radius 2 is 2.00 bits per heavy atom. The monoisotopic (exact) mass is 289 g/mol. The van der Waals surface area contributed by atoms with E-state index >= 15 is 0 Å². The van der Waals surface area contributed by atoms with Crippen molar-refractivity contribution in [3.8, 4) is 0 Å². The summed E-state index contributed by atoms with van der Waals surface area (Å²) < 4.78 is 10.4. The molecule has 0 spiro atoms. The number of esters is 1. The van der Waals surface area contributed by atoms with Crippen LogP contribution >= 0.6 is 0 Å². The Bertz CT molecular complexity index is 578. The normalized spacial score (nSPS) is 30.3. The van der Waals surface area contributed by atoms with E-state index in [1.165, 1.54) is 0 Å². The van der Waals surface area contributed by atoms with Gasteiger partial charge in [-0.3, -0.25) is 0 Å². The molecule has 1 aliphatic carbocycles. The van der Waals surface area contributed by atoms with Crippen LogP contribution in [0.3, 0.4) is 0 Å². The zero-order valence-corrected chi connectivity index (χ0v) is 12.4. The van der Waals surface area contributed by atoms with Gasteiger partial charge >= 0.3 is 12.1 Å². The zero-order valence-electron chi connectivity index (χ0n) is 12.4. The topological polar surface area (TPSA) is 64.6 Å². The number of hydrogen-bond donors (Lipinski definition) is 1. The van der Waals surface area contributed by atoms with Crippen molar-refractivity contribution < 1.29 is 19.1 Å². The van der Waals surface area contributed by atoms with Gasteiger partial charge in [-0.15, -0.1) is 0 Å². The van der Waals surface area contributed by atoms with Crippen LogP contribution in [0.4, 0.5) is 4.79 Å². The molecule has 2 fully saturated rings. The minimum atomic E-state index is -0.955. The second-order valence-corrected chi connectivity index (χ2v) is 6.59. The fourth-order valence-electron chi connectivity index (χ4n) is 3.10. The minimum Gasteiger partial charge on any atom is -0.463 e. The van der Waals surface area contributed by atoms with Crippen LogP contribution in [0.5, 0.6) is 0 Å². The number of fused-ring (bicyclic) bond motifs is 1. The highest BCUT2D eigenvalue weighted by molar-refractivity contribution is 5.94. The fraction of sp³-hybridized carbons (Fsp3) is 0.500. The van der Waals surface area contributed by atoms with Gasteiger partial charge in [-0.05, 0) is 26.3 Å². The molecular formula is C16H19NO4. The van der Waals surface area contributed by atoms with Crippen LogP contribution in [0, 0.1) is 5.92 Å². The number of amides is 1. The first-order valence-electron chi connectivity index (χ1n) is 7.08. The molecule has 1 aromatic rings. The van der Waals surface area contributed by atoms with Crippen molar-refractivity contribution in [2.75, 3.05) is 6.61 Å². The molecule has 112 valence electrons. The molecule has 3 atom stereocenters. The lowest BCUT2D eigenvalue weighted by Crippen LogP contribution is -2.46. The molecule has 0 bridgehead atoms. The molecule has 1 heterocycles. The summed E-state index contributed by atoms with van der Waals surface area (Å²) in [7, 11) is 0. The van der Waals surface area contributed by atoms with E-state index in [0.717, 1.165) is 5.56 Å². The summed E-state index contributed by atoms with van der Waals surface area (Å²) in [6, 6.07) is 9.71. The van der Waals surface area contributed by atoms with Crippen LogP contribution < -0.4 is 5.32 Å². The molecule has 1 N–H and O–H groups in total. The van der Waals surface area contributed by atoms with E-state index in [0.29, 0.717) is 6.61 Å². The Balaban J connectivity index is 1.81. The SMILES string of the molecule is CC(C)(C)OC(=O)N[C@]12C(=O)OC[C@H]1C2c1ccccc1. The lowest BCUT2D eigenvalue weighted by molar-refractivity contribution is -0.143. The minimum absolute atomic E-state index is 0.0140. The zero-order chi connectivity index (χ0) is 15.3. The molecule has 0 radical (unpaired) electrons. The predicted octanol–water partition coefficient (Wildman–Crippen LogP) is 2.22. The average molecular weight is 289 g/mol. The molecule has 2 aliphatic rings. The molecule has 5 heteroatoms. The maximum absolute atomic E-state index is 12.1. The summed E-state index contributed by atoms with van der Waals surface area (Å²) in [6.07, 6.45) is -0.579. The van der Waals surface area contributed by atoms with Crippen LogP contribution in [-0.4, -0.2) is 29.8 Å². The third kappa shape index (κ3) is 2.26. The summed E-state index contributed by atoms with van der Waals surface area (Å²) in [5, 5.41) is 2.75. The molecule has 1 saturated carbocycles. The highest BCUT2D eigenvalue weighted by atomic mass is 16.6. The van der Waals surface area contributed by atoms with Crippen LogP contribution in [0.25, 0.3) is 0 Å². The van der Waals surface area contributed by atoms with Crippen molar-refractivity contribution in [3.05, 3.63) is 35.9 Å². The van der Waals surface area contributed by atoms with Gasteiger partial charge in [0, 0.05) is 11.8 Å². The van der Waals surface area contributed by atoms with E-state index in [9.17, 15) is 9.59 Å². The van der Waals surface area contributed by atoms with E-state index in [4.69, 9.17) is 9.47 Å². The van der Waals surface area contributed by atoms with Gasteiger partial charge in [-0.25, -0.2) is 9.59 Å². The van der Waals surface area contributed by atoms with Gasteiger partial charge in [-0.2, -0.15) is 0 Å². The fourth-order valence-corrected chi connectivity index (χ4v) is 3.10. The summed E-state index contributed by atoms with van der Waals surface area (Å²) in [4.78, 5) is 24.2. The predicted molar refractivity (Wildman–Crippen MR) is 75.7 cm³/mol. The Labute approximate surface area is 123 Å². The van der Waals surface area contributed by atoms with Crippen molar-refractivity contribution >= 4 is 12.1 Å². The number of cyclic esters (lactones) is 1. The van der Waals surface area contributed by atoms with Gasteiger partial charge in [-0.1, -0.05) is 30.3 Å². The van der Waals surface area contributed by atoms with Crippen molar-refractivity contribution in [2.24, 2.45) is 5.92 Å². The molecule has 21 heavy (non-hydrogen) atoms. The van der Waals surface area contributed by atoms with Gasteiger partial charge in [0.1, 0.15) is 5.60 Å². The van der Waals surface area contributed by atoms with Crippen LogP contribution in [-0.2, 0) is 14.3 Å². The van der Waals surface area contributed by atoms with Crippen LogP contribution in [0.2, 0.25) is 0 Å². The van der Waals surface area contributed by atoms with Gasteiger partial charge < -0.3 is 14.8 Å². The number of carbonyl (C=O) groups is 2. The first kappa shape index (κ1) is 13.9. The molecule has 1 aromatic carbocycles. The number of nitrogens with one attached hydrogen (secondary N) is 1. The molecule has 5 nitrogen and oxygen atoms in total. The number of benzene rings is 1. The molecule has 1 unspecified atom stereocenters. The summed E-state index contributed by atoms with van der Waals surface area (Å²) in [5.74, 6) is -0.417. The molecule has 1 saturated heterocycles. The lowest BCUT2D eigenvalue weighted by atomic mass is 10.1. The lowest BCUT2D eigenvalue weighted by Gasteiger charge is -2.22. The van der Waals surface area contributed by atoms with Crippen molar-refractivity contribution in [1.29, 1.82) is 0 Å². The number of carbonyl (C=O) groups excluding carboxylic acids is 2. The Kier molecular flexibility index (Phi) is 2.97. The first-order valence-corrected chi connectivity index (χ1v) is 7.08. The molecule has 1 aliphatic heterocycles. The van der Waals surface area contributed by atoms with Gasteiger partial charge in [0.15, 0.2) is 5.54 Å². The van der Waals surface area contributed by atoms with Crippen molar-refractivity contribution in [3.63, 3.8) is 0 Å². The van der Waals surface area contributed by atoms with Gasteiger partial charge in [0.05, 0.1) is 6.61 Å². The van der Waals surface area contributed by atoms with Crippen LogP contribution in [0.15, 0.2) is 30.3 Å². The summed E-state index contributed by atoms with van der Waals surface area (Å²) >= 11 is 0. The van der Waals surface area contributed by atoms with E-state index < -0.39 is 17.2 Å². The van der Waals surface area contributed by atoms with Crippen LogP contribution in [0.1, 0.15) is 32.3 Å². The first-order chi connectivity index (χ1) is 9.84. The third-order valence-corrected chi connectivity index (χ3v) is 3.97. The number of rotatable bonds is 2. The molecular weight excluding hydrogens is 270 g/mol. The molecule has 0 aromatic heterocycles. The quantitative estimate of drug-likeness (QED) is 0.848. The van der Waals surface area contributed by atoms with Crippen molar-refractivity contribution in [1.82, 2.24) is 5.32 Å². The Morgan fingerprint density at radius 3 is 2.62 bits per heavy atom.